The summed E-state index contributed by atoms with van der Waals surface area (Å²) in [6.45, 7) is 8.24. The first kappa shape index (κ1) is 16.6. The van der Waals surface area contributed by atoms with E-state index < -0.39 is 5.60 Å². The van der Waals surface area contributed by atoms with E-state index in [1.54, 1.807) is 11.1 Å². The molecule has 7 heteroatoms. The van der Waals surface area contributed by atoms with Crippen molar-refractivity contribution in [1.29, 1.82) is 0 Å². The Morgan fingerprint density at radius 1 is 1.33 bits per heavy atom. The van der Waals surface area contributed by atoms with E-state index in [4.69, 9.17) is 16.3 Å². The van der Waals surface area contributed by atoms with Gasteiger partial charge in [0.2, 0.25) is 0 Å². The second-order valence-electron chi connectivity index (χ2n) is 5.91. The van der Waals surface area contributed by atoms with Gasteiger partial charge in [0.05, 0.1) is 5.02 Å². The first-order chi connectivity index (χ1) is 9.76. The lowest BCUT2D eigenvalue weighted by atomic mass is 10.2. The van der Waals surface area contributed by atoms with Crippen molar-refractivity contribution in [2.75, 3.05) is 31.1 Å². The van der Waals surface area contributed by atoms with Crippen molar-refractivity contribution in [2.45, 2.75) is 26.4 Å². The number of piperazine rings is 1. The number of halogens is 2. The number of carbonyl (C=O) groups is 1. The SMILES string of the molecule is CC(C)(C)OC(=O)N1CCN(c2ncc(I)cc2Cl)CC1. The maximum absolute atomic E-state index is 12.0. The number of hydrogen-bond donors (Lipinski definition) is 0. The monoisotopic (exact) mass is 423 g/mol. The molecule has 1 amide bonds. The molecule has 0 N–H and O–H groups in total. The van der Waals surface area contributed by atoms with E-state index in [-0.39, 0.29) is 6.09 Å². The highest BCUT2D eigenvalue weighted by Gasteiger charge is 2.26. The van der Waals surface area contributed by atoms with Crippen molar-refractivity contribution < 1.29 is 9.53 Å². The summed E-state index contributed by atoms with van der Waals surface area (Å²) in [5.41, 5.74) is -0.463. The number of rotatable bonds is 1. The Hall–Kier alpha value is -0.760. The van der Waals surface area contributed by atoms with Crippen LogP contribution in [0.25, 0.3) is 0 Å². The van der Waals surface area contributed by atoms with Crippen LogP contribution < -0.4 is 4.90 Å². The summed E-state index contributed by atoms with van der Waals surface area (Å²) >= 11 is 8.42. The second kappa shape index (κ2) is 6.56. The van der Waals surface area contributed by atoms with Gasteiger partial charge in [0, 0.05) is 35.9 Å². The summed E-state index contributed by atoms with van der Waals surface area (Å²) in [5, 5.41) is 0.646. The van der Waals surface area contributed by atoms with Gasteiger partial charge in [0.1, 0.15) is 11.4 Å². The largest absolute Gasteiger partial charge is 0.444 e. The maximum atomic E-state index is 12.0. The van der Waals surface area contributed by atoms with Crippen LogP contribution in [0.15, 0.2) is 12.3 Å². The Labute approximate surface area is 143 Å². The first-order valence-corrected chi connectivity index (χ1v) is 8.26. The quantitative estimate of drug-likeness (QED) is 0.650. The number of carbonyl (C=O) groups excluding carboxylic acids is 1. The van der Waals surface area contributed by atoms with Crippen molar-refractivity contribution in [3.8, 4) is 0 Å². The fraction of sp³-hybridized carbons (Fsp3) is 0.571. The molecule has 0 atom stereocenters. The Balaban J connectivity index is 1.95. The van der Waals surface area contributed by atoms with Gasteiger partial charge >= 0.3 is 6.09 Å². The molecule has 1 saturated heterocycles. The van der Waals surface area contributed by atoms with Gasteiger partial charge in [-0.2, -0.15) is 0 Å². The first-order valence-electron chi connectivity index (χ1n) is 6.80. The summed E-state index contributed by atoms with van der Waals surface area (Å²) < 4.78 is 6.39. The van der Waals surface area contributed by atoms with E-state index in [9.17, 15) is 4.79 Å². The highest BCUT2D eigenvalue weighted by atomic mass is 127. The van der Waals surface area contributed by atoms with Crippen molar-refractivity contribution >= 4 is 46.1 Å². The van der Waals surface area contributed by atoms with Crippen LogP contribution in [0.3, 0.4) is 0 Å². The lowest BCUT2D eigenvalue weighted by molar-refractivity contribution is 0.0240. The summed E-state index contributed by atoms with van der Waals surface area (Å²) in [4.78, 5) is 20.2. The summed E-state index contributed by atoms with van der Waals surface area (Å²) in [6, 6.07) is 1.89. The highest BCUT2D eigenvalue weighted by molar-refractivity contribution is 14.1. The molecule has 1 fully saturated rings. The van der Waals surface area contributed by atoms with Crippen LogP contribution in [-0.4, -0.2) is 47.8 Å². The Morgan fingerprint density at radius 3 is 2.48 bits per heavy atom. The summed E-state index contributed by atoms with van der Waals surface area (Å²) in [6.07, 6.45) is 1.53. The van der Waals surface area contributed by atoms with Crippen LogP contribution >= 0.6 is 34.2 Å². The molecule has 116 valence electrons. The molecule has 1 aromatic rings. The lowest BCUT2D eigenvalue weighted by Crippen LogP contribution is -2.50. The van der Waals surface area contributed by atoms with Crippen LogP contribution in [0.4, 0.5) is 10.6 Å². The average Bonchev–Trinajstić information content (AvgIpc) is 2.37. The standard InChI is InChI=1S/C14H19ClIN3O2/c1-14(2,3)21-13(20)19-6-4-18(5-7-19)12-11(15)8-10(16)9-17-12/h8-9H,4-7H2,1-3H3. The normalized spacial score (nSPS) is 16.0. The smallest absolute Gasteiger partial charge is 0.410 e. The summed E-state index contributed by atoms with van der Waals surface area (Å²) in [7, 11) is 0. The van der Waals surface area contributed by atoms with Crippen molar-refractivity contribution in [3.63, 3.8) is 0 Å². The van der Waals surface area contributed by atoms with Crippen LogP contribution in [-0.2, 0) is 4.74 Å². The number of amides is 1. The fourth-order valence-corrected chi connectivity index (χ4v) is 2.99. The number of ether oxygens (including phenoxy) is 1. The zero-order valence-corrected chi connectivity index (χ0v) is 15.3. The van der Waals surface area contributed by atoms with E-state index in [0.717, 1.165) is 9.39 Å². The van der Waals surface area contributed by atoms with Crippen LogP contribution in [0.1, 0.15) is 20.8 Å². The van der Waals surface area contributed by atoms with E-state index >= 15 is 0 Å². The predicted octanol–water partition coefficient (Wildman–Crippen LogP) is 3.40. The minimum absolute atomic E-state index is 0.260. The number of hydrogen-bond acceptors (Lipinski definition) is 4. The molecule has 0 aromatic carbocycles. The summed E-state index contributed by atoms with van der Waals surface area (Å²) in [5.74, 6) is 0.779. The van der Waals surface area contributed by atoms with Crippen LogP contribution in [0, 0.1) is 3.57 Å². The van der Waals surface area contributed by atoms with E-state index in [1.807, 2.05) is 26.8 Å². The third-order valence-corrected chi connectivity index (χ3v) is 3.89. The number of pyridine rings is 1. The van der Waals surface area contributed by atoms with Gasteiger partial charge in [-0.1, -0.05) is 11.6 Å². The molecule has 0 saturated carbocycles. The second-order valence-corrected chi connectivity index (χ2v) is 7.57. The average molecular weight is 424 g/mol. The molecule has 0 unspecified atom stereocenters. The van der Waals surface area contributed by atoms with Crippen LogP contribution in [0.5, 0.6) is 0 Å². The minimum atomic E-state index is -0.463. The minimum Gasteiger partial charge on any atom is -0.444 e. The highest BCUT2D eigenvalue weighted by Crippen LogP contribution is 2.25. The van der Waals surface area contributed by atoms with E-state index in [1.165, 1.54) is 0 Å². The third kappa shape index (κ3) is 4.60. The molecule has 2 heterocycles. The zero-order chi connectivity index (χ0) is 15.6. The van der Waals surface area contributed by atoms with Gasteiger partial charge in [0.15, 0.2) is 0 Å². The van der Waals surface area contributed by atoms with Gasteiger partial charge in [-0.3, -0.25) is 0 Å². The van der Waals surface area contributed by atoms with E-state index in [2.05, 4.69) is 32.5 Å². The lowest BCUT2D eigenvalue weighted by Gasteiger charge is -2.36. The molecule has 1 aliphatic heterocycles. The Bertz CT molecular complexity index is 525. The molecule has 0 spiro atoms. The maximum Gasteiger partial charge on any atom is 0.410 e. The van der Waals surface area contributed by atoms with Gasteiger partial charge in [-0.05, 0) is 49.4 Å². The van der Waals surface area contributed by atoms with Crippen LogP contribution in [0.2, 0.25) is 5.02 Å². The van der Waals surface area contributed by atoms with Crippen molar-refractivity contribution in [1.82, 2.24) is 9.88 Å². The van der Waals surface area contributed by atoms with Crippen molar-refractivity contribution in [3.05, 3.63) is 20.9 Å². The predicted molar refractivity (Wildman–Crippen MR) is 92.0 cm³/mol. The Morgan fingerprint density at radius 2 is 1.95 bits per heavy atom. The molecule has 21 heavy (non-hydrogen) atoms. The zero-order valence-electron chi connectivity index (χ0n) is 12.4. The molecule has 0 bridgehead atoms. The number of anilines is 1. The molecule has 1 aliphatic rings. The van der Waals surface area contributed by atoms with Crippen molar-refractivity contribution in [2.24, 2.45) is 0 Å². The van der Waals surface area contributed by atoms with E-state index in [0.29, 0.717) is 31.2 Å². The molecule has 0 radical (unpaired) electrons. The molecular formula is C14H19ClIN3O2. The third-order valence-electron chi connectivity index (χ3n) is 3.02. The number of nitrogens with zero attached hydrogens (tertiary/aromatic N) is 3. The van der Waals surface area contributed by atoms with Gasteiger partial charge in [-0.15, -0.1) is 0 Å². The molecule has 5 nitrogen and oxygen atoms in total. The molecule has 1 aromatic heterocycles. The fourth-order valence-electron chi connectivity index (χ4n) is 2.07. The van der Waals surface area contributed by atoms with Gasteiger partial charge < -0.3 is 14.5 Å². The molecule has 2 rings (SSSR count). The molecule has 0 aliphatic carbocycles. The molecular weight excluding hydrogens is 405 g/mol. The number of aromatic nitrogens is 1. The van der Waals surface area contributed by atoms with Gasteiger partial charge in [-0.25, -0.2) is 9.78 Å². The van der Waals surface area contributed by atoms with Gasteiger partial charge in [0.25, 0.3) is 0 Å². The Kier molecular flexibility index (Phi) is 5.19. The topological polar surface area (TPSA) is 45.7 Å².